The summed E-state index contributed by atoms with van der Waals surface area (Å²) in [6.45, 7) is 0.562. The number of para-hydroxylation sites is 1. The first-order chi connectivity index (χ1) is 11.7. The first-order valence-electron chi connectivity index (χ1n) is 7.95. The van der Waals surface area contributed by atoms with Crippen LogP contribution in [0.1, 0.15) is 17.2 Å². The molecule has 3 rings (SSSR count). The summed E-state index contributed by atoms with van der Waals surface area (Å²) in [6, 6.07) is 9.70. The normalized spacial score (nSPS) is 11.3. The molecule has 26 heavy (non-hydrogen) atoms. The molecule has 0 spiro atoms. The van der Waals surface area contributed by atoms with Crippen LogP contribution in [0.15, 0.2) is 48.9 Å². The number of aromatic nitrogens is 3. The predicted molar refractivity (Wildman–Crippen MR) is 108 cm³/mol. The molecule has 2 aromatic heterocycles. The van der Waals surface area contributed by atoms with Crippen molar-refractivity contribution < 1.29 is 4.79 Å². The highest BCUT2D eigenvalue weighted by atomic mass is 35.5. The van der Waals surface area contributed by atoms with E-state index in [4.69, 9.17) is 0 Å². The molecule has 6 nitrogen and oxygen atoms in total. The molecule has 140 valence electrons. The maximum Gasteiger partial charge on any atom is 0.241 e. The standard InChI is InChI=1S/C18H21N5O.2ClH/c1-19-17(15-11-22-23(2)12-15)18(24)21-10-8-14-6-3-5-13-7-4-9-20-16(13)14;;/h3-7,9,11-12,17,19H,8,10H2,1-2H3,(H,21,24);2*1H. The third-order valence-electron chi connectivity index (χ3n) is 4.02. The van der Waals surface area contributed by atoms with Crippen molar-refractivity contribution >= 4 is 41.6 Å². The van der Waals surface area contributed by atoms with E-state index in [1.807, 2.05) is 37.5 Å². The summed E-state index contributed by atoms with van der Waals surface area (Å²) in [7, 11) is 3.60. The van der Waals surface area contributed by atoms with E-state index in [0.29, 0.717) is 6.54 Å². The van der Waals surface area contributed by atoms with Crippen molar-refractivity contribution in [1.29, 1.82) is 0 Å². The smallest absolute Gasteiger partial charge is 0.241 e. The van der Waals surface area contributed by atoms with Gasteiger partial charge in [0.2, 0.25) is 5.91 Å². The summed E-state index contributed by atoms with van der Waals surface area (Å²) in [6.07, 6.45) is 6.08. The van der Waals surface area contributed by atoms with Gasteiger partial charge in [-0.1, -0.05) is 24.3 Å². The molecule has 0 aliphatic rings. The summed E-state index contributed by atoms with van der Waals surface area (Å²) < 4.78 is 1.69. The highest BCUT2D eigenvalue weighted by Crippen LogP contribution is 2.16. The minimum atomic E-state index is -0.399. The van der Waals surface area contributed by atoms with Crippen LogP contribution in [-0.2, 0) is 18.3 Å². The maximum atomic E-state index is 12.4. The van der Waals surface area contributed by atoms with Gasteiger partial charge in [0.1, 0.15) is 6.04 Å². The number of carbonyl (C=O) groups excluding carboxylic acids is 1. The van der Waals surface area contributed by atoms with Crippen molar-refractivity contribution in [1.82, 2.24) is 25.4 Å². The molecule has 0 aliphatic carbocycles. The second-order valence-corrected chi connectivity index (χ2v) is 5.70. The van der Waals surface area contributed by atoms with Crippen molar-refractivity contribution in [2.75, 3.05) is 13.6 Å². The number of halogens is 2. The fraction of sp³-hybridized carbons (Fsp3) is 0.278. The molecule has 0 bridgehead atoms. The van der Waals surface area contributed by atoms with Gasteiger partial charge < -0.3 is 10.6 Å². The van der Waals surface area contributed by atoms with Gasteiger partial charge in [-0.25, -0.2) is 0 Å². The molecule has 1 atom stereocenters. The van der Waals surface area contributed by atoms with Crippen molar-refractivity contribution in [3.05, 3.63) is 60.0 Å². The van der Waals surface area contributed by atoms with Crippen LogP contribution in [0.5, 0.6) is 0 Å². The van der Waals surface area contributed by atoms with Crippen molar-refractivity contribution in [3.8, 4) is 0 Å². The SMILES string of the molecule is CNC(C(=O)NCCc1cccc2cccnc12)c1cnn(C)c1.Cl.Cl. The largest absolute Gasteiger partial charge is 0.354 e. The topological polar surface area (TPSA) is 71.8 Å². The van der Waals surface area contributed by atoms with E-state index >= 15 is 0 Å². The number of rotatable bonds is 6. The van der Waals surface area contributed by atoms with Crippen LogP contribution >= 0.6 is 24.8 Å². The number of hydrogen-bond acceptors (Lipinski definition) is 4. The van der Waals surface area contributed by atoms with Gasteiger partial charge in [0.15, 0.2) is 0 Å². The molecular weight excluding hydrogens is 373 g/mol. The third kappa shape index (κ3) is 4.94. The number of likely N-dealkylation sites (N-methyl/N-ethyl adjacent to an activating group) is 1. The van der Waals surface area contributed by atoms with E-state index in [-0.39, 0.29) is 30.7 Å². The molecule has 2 N–H and O–H groups in total. The van der Waals surface area contributed by atoms with Crippen LogP contribution < -0.4 is 10.6 Å². The van der Waals surface area contributed by atoms with Gasteiger partial charge in [0, 0.05) is 36.9 Å². The highest BCUT2D eigenvalue weighted by molar-refractivity contribution is 5.86. The Morgan fingerprint density at radius 3 is 2.69 bits per heavy atom. The zero-order chi connectivity index (χ0) is 16.9. The van der Waals surface area contributed by atoms with Gasteiger partial charge in [-0.05, 0) is 25.1 Å². The quantitative estimate of drug-likeness (QED) is 0.672. The fourth-order valence-corrected chi connectivity index (χ4v) is 2.83. The Balaban J connectivity index is 0.00000169. The molecule has 1 amide bonds. The van der Waals surface area contributed by atoms with E-state index in [9.17, 15) is 4.79 Å². The zero-order valence-corrected chi connectivity index (χ0v) is 16.3. The van der Waals surface area contributed by atoms with Gasteiger partial charge in [-0.15, -0.1) is 24.8 Å². The molecule has 0 aliphatic heterocycles. The highest BCUT2D eigenvalue weighted by Gasteiger charge is 2.19. The lowest BCUT2D eigenvalue weighted by Crippen LogP contribution is -2.36. The number of carbonyl (C=O) groups is 1. The van der Waals surface area contributed by atoms with E-state index in [1.54, 1.807) is 24.1 Å². The maximum absolute atomic E-state index is 12.4. The van der Waals surface area contributed by atoms with E-state index in [1.165, 1.54) is 0 Å². The fourth-order valence-electron chi connectivity index (χ4n) is 2.83. The first-order valence-corrected chi connectivity index (χ1v) is 7.95. The third-order valence-corrected chi connectivity index (χ3v) is 4.02. The average molecular weight is 396 g/mol. The monoisotopic (exact) mass is 395 g/mol. The molecule has 1 unspecified atom stereocenters. The molecule has 0 fully saturated rings. The number of nitrogens with one attached hydrogen (secondary N) is 2. The van der Waals surface area contributed by atoms with Gasteiger partial charge in [0.05, 0.1) is 11.7 Å². The van der Waals surface area contributed by atoms with Gasteiger partial charge >= 0.3 is 0 Å². The Labute approximate surface area is 165 Å². The summed E-state index contributed by atoms with van der Waals surface area (Å²) >= 11 is 0. The van der Waals surface area contributed by atoms with Crippen LogP contribution in [0.3, 0.4) is 0 Å². The Kier molecular flexibility index (Phi) is 8.51. The molecule has 3 aromatic rings. The summed E-state index contributed by atoms with van der Waals surface area (Å²) in [5.74, 6) is -0.0568. The molecule has 0 saturated carbocycles. The van der Waals surface area contributed by atoms with E-state index in [2.05, 4.69) is 26.8 Å². The number of aryl methyl sites for hydroxylation is 1. The summed E-state index contributed by atoms with van der Waals surface area (Å²) in [5, 5.41) is 11.3. The van der Waals surface area contributed by atoms with Crippen molar-refractivity contribution in [3.63, 3.8) is 0 Å². The predicted octanol–water partition coefficient (Wildman–Crippen LogP) is 2.43. The zero-order valence-electron chi connectivity index (χ0n) is 14.7. The average Bonchev–Trinajstić information content (AvgIpc) is 3.02. The Morgan fingerprint density at radius 2 is 2.00 bits per heavy atom. The van der Waals surface area contributed by atoms with Crippen molar-refractivity contribution in [2.45, 2.75) is 12.5 Å². The van der Waals surface area contributed by atoms with Crippen LogP contribution in [0.4, 0.5) is 0 Å². The van der Waals surface area contributed by atoms with Crippen LogP contribution in [0, 0.1) is 0 Å². The Morgan fingerprint density at radius 1 is 1.23 bits per heavy atom. The van der Waals surface area contributed by atoms with Crippen molar-refractivity contribution in [2.24, 2.45) is 7.05 Å². The van der Waals surface area contributed by atoms with Gasteiger partial charge in [0.25, 0.3) is 0 Å². The van der Waals surface area contributed by atoms with E-state index < -0.39 is 6.04 Å². The lowest BCUT2D eigenvalue weighted by molar-refractivity contribution is -0.123. The number of hydrogen-bond donors (Lipinski definition) is 2. The number of amides is 1. The second-order valence-electron chi connectivity index (χ2n) is 5.70. The number of nitrogens with zero attached hydrogens (tertiary/aromatic N) is 3. The van der Waals surface area contributed by atoms with Gasteiger partial charge in [-0.2, -0.15) is 5.10 Å². The minimum absolute atomic E-state index is 0. The number of pyridine rings is 1. The van der Waals surface area contributed by atoms with Crippen LogP contribution in [0.2, 0.25) is 0 Å². The number of benzene rings is 1. The van der Waals surface area contributed by atoms with Crippen LogP contribution in [0.25, 0.3) is 10.9 Å². The Bertz CT molecular complexity index is 847. The van der Waals surface area contributed by atoms with Crippen LogP contribution in [-0.4, -0.2) is 34.3 Å². The second kappa shape index (κ2) is 10.1. The molecule has 1 aromatic carbocycles. The lowest BCUT2D eigenvalue weighted by atomic mass is 10.1. The molecule has 2 heterocycles. The summed E-state index contributed by atoms with van der Waals surface area (Å²) in [5.41, 5.74) is 2.98. The Hall–Kier alpha value is -2.15. The number of fused-ring (bicyclic) bond motifs is 1. The summed E-state index contributed by atoms with van der Waals surface area (Å²) in [4.78, 5) is 16.9. The lowest BCUT2D eigenvalue weighted by Gasteiger charge is -2.14. The van der Waals surface area contributed by atoms with E-state index in [0.717, 1.165) is 28.5 Å². The minimum Gasteiger partial charge on any atom is -0.354 e. The molecular formula is C18H23Cl2N5O. The first kappa shape index (κ1) is 21.9. The van der Waals surface area contributed by atoms with Gasteiger partial charge in [-0.3, -0.25) is 14.5 Å². The molecule has 8 heteroatoms. The molecule has 0 radical (unpaired) electrons. The molecule has 0 saturated heterocycles.